The van der Waals surface area contributed by atoms with E-state index in [2.05, 4.69) is 5.32 Å². The minimum Gasteiger partial charge on any atom is -0.352 e. The number of sulfonamides is 1. The van der Waals surface area contributed by atoms with Crippen LogP contribution in [0.2, 0.25) is 5.02 Å². The minimum atomic E-state index is -4.14. The smallest absolute Gasteiger partial charge is 0.264 e. The fourth-order valence-electron chi connectivity index (χ4n) is 4.44. The molecule has 3 aromatic rings. The summed E-state index contributed by atoms with van der Waals surface area (Å²) in [6.45, 7) is 7.23. The van der Waals surface area contributed by atoms with E-state index in [-0.39, 0.29) is 23.4 Å². The number of benzene rings is 3. The van der Waals surface area contributed by atoms with Crippen molar-refractivity contribution in [1.82, 2.24) is 10.2 Å². The Morgan fingerprint density at radius 1 is 0.900 bits per heavy atom. The van der Waals surface area contributed by atoms with E-state index in [4.69, 9.17) is 11.6 Å². The van der Waals surface area contributed by atoms with E-state index in [0.29, 0.717) is 29.1 Å². The van der Waals surface area contributed by atoms with Gasteiger partial charge in [0.05, 0.1) is 10.6 Å². The van der Waals surface area contributed by atoms with Crippen molar-refractivity contribution in [2.75, 3.05) is 17.4 Å². The van der Waals surface area contributed by atoms with Gasteiger partial charge in [0.25, 0.3) is 10.0 Å². The van der Waals surface area contributed by atoms with Gasteiger partial charge in [0.15, 0.2) is 0 Å². The van der Waals surface area contributed by atoms with Crippen molar-refractivity contribution < 1.29 is 18.0 Å². The maximum atomic E-state index is 14.1. The third-order valence-electron chi connectivity index (χ3n) is 6.99. The summed E-state index contributed by atoms with van der Waals surface area (Å²) in [5.41, 5.74) is 1.86. The van der Waals surface area contributed by atoms with Crippen LogP contribution < -0.4 is 9.62 Å². The first kappa shape index (κ1) is 31.2. The lowest BCUT2D eigenvalue weighted by Gasteiger charge is -2.34. The summed E-state index contributed by atoms with van der Waals surface area (Å²) in [5.74, 6) is -0.726. The molecule has 0 aromatic heterocycles. The van der Waals surface area contributed by atoms with Crippen LogP contribution in [0.3, 0.4) is 0 Å². The predicted molar refractivity (Wildman–Crippen MR) is 161 cm³/mol. The molecule has 0 aliphatic rings. The highest BCUT2D eigenvalue weighted by atomic mass is 35.5. The van der Waals surface area contributed by atoms with Crippen molar-refractivity contribution in [2.24, 2.45) is 0 Å². The lowest BCUT2D eigenvalue weighted by Crippen LogP contribution is -2.54. The molecular formula is C31H38ClN3O4S. The SMILES string of the molecule is CC[C@@H](C)NC(=O)[C@@H](CC)N(CCc1ccccc1)C(=O)CN(c1cccc(Cl)c1C)S(=O)(=O)c1ccccc1. The second-order valence-electron chi connectivity index (χ2n) is 9.77. The Kier molecular flexibility index (Phi) is 11.2. The van der Waals surface area contributed by atoms with Gasteiger partial charge in [-0.1, -0.05) is 80.0 Å². The van der Waals surface area contributed by atoms with Crippen LogP contribution >= 0.6 is 11.6 Å². The molecule has 3 aromatic carbocycles. The summed E-state index contributed by atoms with van der Waals surface area (Å²) >= 11 is 6.38. The van der Waals surface area contributed by atoms with Gasteiger partial charge in [0.1, 0.15) is 12.6 Å². The molecule has 2 atom stereocenters. The van der Waals surface area contributed by atoms with Gasteiger partial charge in [-0.2, -0.15) is 0 Å². The number of rotatable bonds is 13. The monoisotopic (exact) mass is 583 g/mol. The number of hydrogen-bond acceptors (Lipinski definition) is 4. The molecule has 9 heteroatoms. The number of halogens is 1. The van der Waals surface area contributed by atoms with Crippen molar-refractivity contribution >= 4 is 39.1 Å². The maximum absolute atomic E-state index is 14.1. The van der Waals surface area contributed by atoms with Gasteiger partial charge in [-0.3, -0.25) is 13.9 Å². The number of carbonyl (C=O) groups is 2. The Balaban J connectivity index is 2.04. The Labute approximate surface area is 243 Å². The van der Waals surface area contributed by atoms with Crippen LogP contribution in [-0.4, -0.2) is 50.3 Å². The topological polar surface area (TPSA) is 86.8 Å². The van der Waals surface area contributed by atoms with E-state index < -0.39 is 28.5 Å². The van der Waals surface area contributed by atoms with Crippen molar-refractivity contribution in [2.45, 2.75) is 63.9 Å². The molecule has 40 heavy (non-hydrogen) atoms. The number of hydrogen-bond donors (Lipinski definition) is 1. The minimum absolute atomic E-state index is 0.0552. The first-order valence-corrected chi connectivity index (χ1v) is 15.4. The van der Waals surface area contributed by atoms with E-state index in [0.717, 1.165) is 16.3 Å². The average molecular weight is 584 g/mol. The Bertz CT molecular complexity index is 1380. The van der Waals surface area contributed by atoms with Crippen LogP contribution in [-0.2, 0) is 26.0 Å². The summed E-state index contributed by atoms with van der Waals surface area (Å²) in [4.78, 5) is 29.0. The molecule has 0 bridgehead atoms. The van der Waals surface area contributed by atoms with Crippen LogP contribution in [0.4, 0.5) is 5.69 Å². The highest BCUT2D eigenvalue weighted by Gasteiger charge is 2.34. The summed E-state index contributed by atoms with van der Waals surface area (Å²) in [7, 11) is -4.14. The molecule has 3 rings (SSSR count). The molecule has 0 radical (unpaired) electrons. The normalized spacial score (nSPS) is 12.8. The molecular weight excluding hydrogens is 546 g/mol. The molecule has 0 heterocycles. The summed E-state index contributed by atoms with van der Waals surface area (Å²) < 4.78 is 28.9. The van der Waals surface area contributed by atoms with Crippen molar-refractivity contribution in [1.29, 1.82) is 0 Å². The number of nitrogens with zero attached hydrogens (tertiary/aromatic N) is 2. The molecule has 0 saturated carbocycles. The molecule has 0 fully saturated rings. The third-order valence-corrected chi connectivity index (χ3v) is 9.17. The largest absolute Gasteiger partial charge is 0.352 e. The summed E-state index contributed by atoms with van der Waals surface area (Å²) in [5, 5.41) is 3.38. The lowest BCUT2D eigenvalue weighted by atomic mass is 10.1. The highest BCUT2D eigenvalue weighted by molar-refractivity contribution is 7.92. The second kappa shape index (κ2) is 14.3. The molecule has 214 valence electrons. The highest BCUT2D eigenvalue weighted by Crippen LogP contribution is 2.31. The van der Waals surface area contributed by atoms with Gasteiger partial charge in [0.2, 0.25) is 11.8 Å². The number of amides is 2. The molecule has 7 nitrogen and oxygen atoms in total. The molecule has 2 amide bonds. The van der Waals surface area contributed by atoms with E-state index >= 15 is 0 Å². The number of anilines is 1. The first-order chi connectivity index (χ1) is 19.1. The zero-order chi connectivity index (χ0) is 29.3. The average Bonchev–Trinajstić information content (AvgIpc) is 2.96. The maximum Gasteiger partial charge on any atom is 0.264 e. The molecule has 1 N–H and O–H groups in total. The van der Waals surface area contributed by atoms with E-state index in [1.807, 2.05) is 51.1 Å². The summed E-state index contributed by atoms with van der Waals surface area (Å²) in [6, 6.07) is 21.8. The van der Waals surface area contributed by atoms with Crippen LogP contribution in [0.1, 0.15) is 44.7 Å². The molecule has 0 aliphatic heterocycles. The van der Waals surface area contributed by atoms with Gasteiger partial charge in [-0.15, -0.1) is 0 Å². The van der Waals surface area contributed by atoms with Crippen molar-refractivity contribution in [3.05, 3.63) is 95.0 Å². The van der Waals surface area contributed by atoms with Gasteiger partial charge in [-0.05, 0) is 68.5 Å². The second-order valence-corrected chi connectivity index (χ2v) is 12.0. The number of nitrogens with one attached hydrogen (secondary N) is 1. The van der Waals surface area contributed by atoms with Crippen molar-refractivity contribution in [3.63, 3.8) is 0 Å². The number of carbonyl (C=O) groups excluding carboxylic acids is 2. The zero-order valence-electron chi connectivity index (χ0n) is 23.5. The third kappa shape index (κ3) is 7.64. The van der Waals surface area contributed by atoms with Crippen LogP contribution in [0.25, 0.3) is 0 Å². The molecule has 0 saturated heterocycles. The van der Waals surface area contributed by atoms with Crippen LogP contribution in [0.5, 0.6) is 0 Å². The van der Waals surface area contributed by atoms with Crippen molar-refractivity contribution in [3.8, 4) is 0 Å². The first-order valence-electron chi connectivity index (χ1n) is 13.6. The van der Waals surface area contributed by atoms with E-state index in [1.165, 1.54) is 17.0 Å². The molecule has 0 unspecified atom stereocenters. The Morgan fingerprint density at radius 3 is 2.12 bits per heavy atom. The standard InChI is InChI=1S/C31H38ClN3O4S/c1-5-23(3)33-31(37)28(6-2)34(21-20-25-14-9-7-10-15-25)30(36)22-35(29-19-13-18-27(32)24(29)4)40(38,39)26-16-11-8-12-17-26/h7-19,23,28H,5-6,20-22H2,1-4H3,(H,33,37)/t23-,28-/m1/s1. The predicted octanol–water partition coefficient (Wildman–Crippen LogP) is 5.61. The summed E-state index contributed by atoms with van der Waals surface area (Å²) in [6.07, 6.45) is 1.64. The van der Waals surface area contributed by atoms with Gasteiger partial charge < -0.3 is 10.2 Å². The van der Waals surface area contributed by atoms with Gasteiger partial charge in [0, 0.05) is 17.6 Å². The fourth-order valence-corrected chi connectivity index (χ4v) is 6.10. The zero-order valence-corrected chi connectivity index (χ0v) is 25.1. The van der Waals surface area contributed by atoms with Gasteiger partial charge >= 0.3 is 0 Å². The van der Waals surface area contributed by atoms with Crippen LogP contribution in [0.15, 0.2) is 83.8 Å². The Hall–Kier alpha value is -3.36. The fraction of sp³-hybridized carbons (Fsp3) is 0.355. The lowest BCUT2D eigenvalue weighted by molar-refractivity contribution is -0.139. The Morgan fingerprint density at radius 2 is 1.52 bits per heavy atom. The van der Waals surface area contributed by atoms with E-state index in [1.54, 1.807) is 43.3 Å². The van der Waals surface area contributed by atoms with E-state index in [9.17, 15) is 18.0 Å². The molecule has 0 aliphatic carbocycles. The quantitative estimate of drug-likeness (QED) is 0.283. The van der Waals surface area contributed by atoms with Crippen LogP contribution in [0, 0.1) is 6.92 Å². The molecule has 0 spiro atoms. The van der Waals surface area contributed by atoms with Gasteiger partial charge in [-0.25, -0.2) is 8.42 Å².